The van der Waals surface area contributed by atoms with E-state index in [-0.39, 0.29) is 5.38 Å². The average Bonchev–Trinajstić information content (AvgIpc) is 2.35. The number of hydrogen-bond acceptors (Lipinski definition) is 0. The predicted molar refractivity (Wildman–Crippen MR) is 80.3 cm³/mol. The molecule has 18 heavy (non-hydrogen) atoms. The van der Waals surface area contributed by atoms with Crippen LogP contribution in [0.25, 0.3) is 0 Å². The topological polar surface area (TPSA) is 0 Å². The molecule has 0 nitrogen and oxygen atoms in total. The van der Waals surface area contributed by atoms with E-state index in [9.17, 15) is 0 Å². The summed E-state index contributed by atoms with van der Waals surface area (Å²) in [6.45, 7) is 1.95. The molecule has 0 aliphatic rings. The maximum absolute atomic E-state index is 6.43. The van der Waals surface area contributed by atoms with Crippen molar-refractivity contribution in [2.24, 2.45) is 0 Å². The third-order valence-electron chi connectivity index (χ3n) is 2.72. The third-order valence-corrected chi connectivity index (χ3v) is 4.19. The van der Waals surface area contributed by atoms with Gasteiger partial charge in [0.2, 0.25) is 0 Å². The molecule has 2 aromatic rings. The van der Waals surface area contributed by atoms with E-state index >= 15 is 0 Å². The van der Waals surface area contributed by atoms with E-state index in [1.807, 2.05) is 25.1 Å². The van der Waals surface area contributed by atoms with Crippen LogP contribution in [0.3, 0.4) is 0 Å². The van der Waals surface area contributed by atoms with Crippen molar-refractivity contribution in [3.63, 3.8) is 0 Å². The molecule has 0 saturated carbocycles. The highest BCUT2D eigenvalue weighted by Gasteiger charge is 2.15. The van der Waals surface area contributed by atoms with Crippen LogP contribution in [0.4, 0.5) is 0 Å². The molecule has 0 bridgehead atoms. The van der Waals surface area contributed by atoms with Crippen LogP contribution in [-0.2, 0) is 0 Å². The smallest absolute Gasteiger partial charge is 0.0850 e. The molecule has 1 atom stereocenters. The summed E-state index contributed by atoms with van der Waals surface area (Å²) in [4.78, 5) is 0. The van der Waals surface area contributed by atoms with Crippen molar-refractivity contribution >= 4 is 46.4 Å². The van der Waals surface area contributed by atoms with Crippen LogP contribution in [0.5, 0.6) is 0 Å². The zero-order valence-electron chi connectivity index (χ0n) is 9.55. The number of rotatable bonds is 2. The van der Waals surface area contributed by atoms with Gasteiger partial charge in [0.05, 0.1) is 5.38 Å². The van der Waals surface area contributed by atoms with Gasteiger partial charge in [-0.25, -0.2) is 0 Å². The second-order valence-corrected chi connectivity index (χ2v) is 5.72. The first-order chi connectivity index (χ1) is 8.49. The highest BCUT2D eigenvalue weighted by molar-refractivity contribution is 6.35. The molecule has 0 N–H and O–H groups in total. The number of aryl methyl sites for hydroxylation is 1. The largest absolute Gasteiger partial charge is 0.113 e. The summed E-state index contributed by atoms with van der Waals surface area (Å²) in [5, 5.41) is 1.53. The van der Waals surface area contributed by atoms with E-state index < -0.39 is 0 Å². The highest BCUT2D eigenvalue weighted by atomic mass is 35.5. The zero-order valence-corrected chi connectivity index (χ0v) is 12.6. The van der Waals surface area contributed by atoms with Gasteiger partial charge in [-0.05, 0) is 47.9 Å². The molecule has 2 aromatic carbocycles. The molecule has 0 aliphatic heterocycles. The summed E-state index contributed by atoms with van der Waals surface area (Å²) < 4.78 is 0. The van der Waals surface area contributed by atoms with Gasteiger partial charge >= 0.3 is 0 Å². The molecule has 0 heterocycles. The van der Waals surface area contributed by atoms with Crippen LogP contribution in [0.1, 0.15) is 22.1 Å². The monoisotopic (exact) mass is 318 g/mol. The summed E-state index contributed by atoms with van der Waals surface area (Å²) in [6.07, 6.45) is 0. The SMILES string of the molecule is Cc1ccc(C(Cl)c2cc(Cl)ccc2Cl)cc1Cl. The summed E-state index contributed by atoms with van der Waals surface area (Å²) >= 11 is 24.6. The minimum absolute atomic E-state index is 0.366. The molecule has 0 fully saturated rings. The van der Waals surface area contributed by atoms with Crippen LogP contribution in [0, 0.1) is 6.92 Å². The van der Waals surface area contributed by atoms with Crippen molar-refractivity contribution in [1.82, 2.24) is 0 Å². The minimum atomic E-state index is -0.366. The van der Waals surface area contributed by atoms with Crippen molar-refractivity contribution in [2.45, 2.75) is 12.3 Å². The van der Waals surface area contributed by atoms with Crippen LogP contribution < -0.4 is 0 Å². The third kappa shape index (κ3) is 2.95. The highest BCUT2D eigenvalue weighted by Crippen LogP contribution is 2.36. The quantitative estimate of drug-likeness (QED) is 0.571. The van der Waals surface area contributed by atoms with Crippen LogP contribution in [0.15, 0.2) is 36.4 Å². The summed E-state index contributed by atoms with van der Waals surface area (Å²) in [5.41, 5.74) is 2.70. The van der Waals surface area contributed by atoms with Gasteiger partial charge in [0.1, 0.15) is 0 Å². The minimum Gasteiger partial charge on any atom is -0.113 e. The molecule has 4 heteroatoms. The molecule has 1 unspecified atom stereocenters. The van der Waals surface area contributed by atoms with E-state index in [1.165, 1.54) is 0 Å². The van der Waals surface area contributed by atoms with E-state index in [2.05, 4.69) is 0 Å². The summed E-state index contributed by atoms with van der Waals surface area (Å²) in [7, 11) is 0. The van der Waals surface area contributed by atoms with E-state index in [0.717, 1.165) is 16.7 Å². The number of hydrogen-bond donors (Lipinski definition) is 0. The van der Waals surface area contributed by atoms with Gasteiger partial charge in [0.25, 0.3) is 0 Å². The van der Waals surface area contributed by atoms with Crippen molar-refractivity contribution in [1.29, 1.82) is 0 Å². The maximum atomic E-state index is 6.43. The Bertz CT molecular complexity index is 578. The maximum Gasteiger partial charge on any atom is 0.0850 e. The first-order valence-electron chi connectivity index (χ1n) is 5.34. The molecule has 0 amide bonds. The fourth-order valence-electron chi connectivity index (χ4n) is 1.66. The van der Waals surface area contributed by atoms with Gasteiger partial charge in [-0.1, -0.05) is 46.9 Å². The Kier molecular flexibility index (Phi) is 4.45. The summed E-state index contributed by atoms with van der Waals surface area (Å²) in [5.74, 6) is 0. The molecule has 2 rings (SSSR count). The first kappa shape index (κ1) is 14.0. The van der Waals surface area contributed by atoms with Crippen LogP contribution in [-0.4, -0.2) is 0 Å². The summed E-state index contributed by atoms with van der Waals surface area (Å²) in [6, 6.07) is 11.0. The van der Waals surface area contributed by atoms with Gasteiger partial charge in [0.15, 0.2) is 0 Å². The van der Waals surface area contributed by atoms with Gasteiger partial charge in [-0.2, -0.15) is 0 Å². The number of halogens is 4. The van der Waals surface area contributed by atoms with Crippen molar-refractivity contribution in [2.75, 3.05) is 0 Å². The molecular weight excluding hydrogens is 310 g/mol. The van der Waals surface area contributed by atoms with Crippen LogP contribution >= 0.6 is 46.4 Å². The molecule has 0 spiro atoms. The lowest BCUT2D eigenvalue weighted by molar-refractivity contribution is 1.14. The molecule has 0 radical (unpaired) electrons. The van der Waals surface area contributed by atoms with Crippen molar-refractivity contribution < 1.29 is 0 Å². The van der Waals surface area contributed by atoms with E-state index in [0.29, 0.717) is 15.1 Å². The first-order valence-corrected chi connectivity index (χ1v) is 6.91. The van der Waals surface area contributed by atoms with Gasteiger partial charge in [0, 0.05) is 15.1 Å². The zero-order chi connectivity index (χ0) is 13.3. The van der Waals surface area contributed by atoms with Gasteiger partial charge in [-0.3, -0.25) is 0 Å². The lowest BCUT2D eigenvalue weighted by Gasteiger charge is -2.13. The van der Waals surface area contributed by atoms with E-state index in [1.54, 1.807) is 18.2 Å². The van der Waals surface area contributed by atoms with Gasteiger partial charge in [-0.15, -0.1) is 11.6 Å². The standard InChI is InChI=1S/C14H10Cl4/c1-8-2-3-9(6-13(8)17)14(18)11-7-10(15)4-5-12(11)16/h2-7,14H,1H3. The Morgan fingerprint density at radius 3 is 2.28 bits per heavy atom. The molecule has 94 valence electrons. The Balaban J connectivity index is 2.44. The Labute approximate surface area is 126 Å². The second-order valence-electron chi connectivity index (χ2n) is 4.04. The molecule has 0 aliphatic carbocycles. The Morgan fingerprint density at radius 2 is 1.61 bits per heavy atom. The number of benzene rings is 2. The average molecular weight is 320 g/mol. The Morgan fingerprint density at radius 1 is 0.889 bits per heavy atom. The lowest BCUT2D eigenvalue weighted by Crippen LogP contribution is -1.95. The van der Waals surface area contributed by atoms with E-state index in [4.69, 9.17) is 46.4 Å². The fourth-order valence-corrected chi connectivity index (χ4v) is 2.62. The predicted octanol–water partition coefficient (Wildman–Crippen LogP) is 6.28. The molecular formula is C14H10Cl4. The number of alkyl halides is 1. The van der Waals surface area contributed by atoms with Crippen LogP contribution in [0.2, 0.25) is 15.1 Å². The lowest BCUT2D eigenvalue weighted by atomic mass is 10.0. The second kappa shape index (κ2) is 5.71. The van der Waals surface area contributed by atoms with Crippen molar-refractivity contribution in [3.05, 3.63) is 68.2 Å². The molecule has 0 aromatic heterocycles. The van der Waals surface area contributed by atoms with Gasteiger partial charge < -0.3 is 0 Å². The normalized spacial score (nSPS) is 12.5. The van der Waals surface area contributed by atoms with Crippen molar-refractivity contribution in [3.8, 4) is 0 Å². The Hall–Kier alpha value is -0.400. The molecule has 0 saturated heterocycles. The fraction of sp³-hybridized carbons (Fsp3) is 0.143.